The molecule has 0 bridgehead atoms. The summed E-state index contributed by atoms with van der Waals surface area (Å²) in [6, 6.07) is 0.0486. The lowest BCUT2D eigenvalue weighted by Gasteiger charge is -2.30. The molecular formula is C8H18N2O. The van der Waals surface area contributed by atoms with Crippen LogP contribution in [-0.4, -0.2) is 30.1 Å². The van der Waals surface area contributed by atoms with Crippen molar-refractivity contribution in [3.8, 4) is 0 Å². The van der Waals surface area contributed by atoms with Crippen LogP contribution in [-0.2, 0) is 0 Å². The van der Waals surface area contributed by atoms with Crippen LogP contribution < -0.4 is 5.32 Å². The topological polar surface area (TPSA) is 32.3 Å². The molecule has 3 nitrogen and oxygen atoms in total. The number of urea groups is 1. The van der Waals surface area contributed by atoms with Gasteiger partial charge >= 0.3 is 6.03 Å². The maximum Gasteiger partial charge on any atom is 0.317 e. The number of carbonyl (C=O) groups excluding carboxylic acids is 1. The fourth-order valence-electron chi connectivity index (χ4n) is 1.62. The normalized spacial score (nSPS) is 21.9. The highest BCUT2D eigenvalue weighted by molar-refractivity contribution is 5.74. The molecule has 0 aromatic heterocycles. The quantitative estimate of drug-likeness (QED) is 0.568. The molecule has 0 aromatic rings. The van der Waals surface area contributed by atoms with Crippen LogP contribution in [0.25, 0.3) is 0 Å². The van der Waals surface area contributed by atoms with Crippen LogP contribution in [0.2, 0.25) is 0 Å². The van der Waals surface area contributed by atoms with E-state index in [0.29, 0.717) is 0 Å². The number of carbonyl (C=O) groups is 1. The van der Waals surface area contributed by atoms with Crippen molar-refractivity contribution in [2.75, 3.05) is 13.6 Å². The van der Waals surface area contributed by atoms with Gasteiger partial charge < -0.3 is 10.2 Å². The SMILES string of the molecule is CNC(=O)N1CCCC1(C)C.[HH]. The molecule has 0 spiro atoms. The predicted octanol–water partition coefficient (Wildman–Crippen LogP) is 1.45. The molecule has 3 heteroatoms. The van der Waals surface area contributed by atoms with Gasteiger partial charge in [0, 0.05) is 20.6 Å². The number of nitrogens with zero attached hydrogens (tertiary/aromatic N) is 1. The third-order valence-electron chi connectivity index (χ3n) is 2.36. The van der Waals surface area contributed by atoms with Gasteiger partial charge in [-0.15, -0.1) is 0 Å². The highest BCUT2D eigenvalue weighted by Crippen LogP contribution is 2.27. The Balaban J connectivity index is 0.00000121. The summed E-state index contributed by atoms with van der Waals surface area (Å²) in [7, 11) is 1.68. The fraction of sp³-hybridized carbons (Fsp3) is 0.875. The third kappa shape index (κ3) is 1.47. The number of hydrogen-bond acceptors (Lipinski definition) is 1. The second-order valence-electron chi connectivity index (χ2n) is 3.62. The third-order valence-corrected chi connectivity index (χ3v) is 2.36. The lowest BCUT2D eigenvalue weighted by molar-refractivity contribution is 0.167. The van der Waals surface area contributed by atoms with E-state index in [-0.39, 0.29) is 13.0 Å². The Labute approximate surface area is 69.2 Å². The number of likely N-dealkylation sites (tertiary alicyclic amines) is 1. The highest BCUT2D eigenvalue weighted by Gasteiger charge is 2.34. The van der Waals surface area contributed by atoms with Crippen molar-refractivity contribution in [1.29, 1.82) is 0 Å². The van der Waals surface area contributed by atoms with Crippen LogP contribution >= 0.6 is 0 Å². The van der Waals surface area contributed by atoms with Crippen molar-refractivity contribution < 1.29 is 6.22 Å². The molecule has 1 aliphatic heterocycles. The van der Waals surface area contributed by atoms with E-state index < -0.39 is 0 Å². The summed E-state index contributed by atoms with van der Waals surface area (Å²) in [5, 5.41) is 2.65. The van der Waals surface area contributed by atoms with Crippen LogP contribution in [0.1, 0.15) is 28.1 Å². The Morgan fingerprint density at radius 1 is 1.64 bits per heavy atom. The van der Waals surface area contributed by atoms with Gasteiger partial charge in [0.2, 0.25) is 0 Å². The van der Waals surface area contributed by atoms with Gasteiger partial charge in [-0.3, -0.25) is 0 Å². The minimum absolute atomic E-state index is 0. The fourth-order valence-corrected chi connectivity index (χ4v) is 1.62. The number of nitrogens with one attached hydrogen (secondary N) is 1. The van der Waals surface area contributed by atoms with Gasteiger partial charge in [0.25, 0.3) is 0 Å². The van der Waals surface area contributed by atoms with Gasteiger partial charge in [0.15, 0.2) is 0 Å². The average Bonchev–Trinajstić information content (AvgIpc) is 2.28. The Hall–Kier alpha value is -0.730. The molecule has 0 aliphatic carbocycles. The molecule has 0 radical (unpaired) electrons. The molecule has 11 heavy (non-hydrogen) atoms. The summed E-state index contributed by atoms with van der Waals surface area (Å²) < 4.78 is 0. The van der Waals surface area contributed by atoms with Gasteiger partial charge in [-0.25, -0.2) is 4.79 Å². The molecule has 0 atom stereocenters. The monoisotopic (exact) mass is 158 g/mol. The van der Waals surface area contributed by atoms with Crippen LogP contribution in [0.5, 0.6) is 0 Å². The smallest absolute Gasteiger partial charge is 0.317 e. The van der Waals surface area contributed by atoms with Crippen LogP contribution in [0, 0.1) is 0 Å². The van der Waals surface area contributed by atoms with Crippen molar-refractivity contribution in [2.24, 2.45) is 0 Å². The maximum atomic E-state index is 11.2. The minimum Gasteiger partial charge on any atom is -0.341 e. The summed E-state index contributed by atoms with van der Waals surface area (Å²) >= 11 is 0. The van der Waals surface area contributed by atoms with Gasteiger partial charge in [-0.2, -0.15) is 0 Å². The summed E-state index contributed by atoms with van der Waals surface area (Å²) in [6.45, 7) is 5.11. The van der Waals surface area contributed by atoms with Crippen LogP contribution in [0.4, 0.5) is 4.79 Å². The first-order chi connectivity index (χ1) is 5.08. The second kappa shape index (κ2) is 2.72. The summed E-state index contributed by atoms with van der Waals surface area (Å²) in [6.07, 6.45) is 2.24. The molecule has 0 unspecified atom stereocenters. The van der Waals surface area contributed by atoms with E-state index in [4.69, 9.17) is 0 Å². The van der Waals surface area contributed by atoms with Crippen LogP contribution in [0.15, 0.2) is 0 Å². The van der Waals surface area contributed by atoms with Crippen molar-refractivity contribution in [3.05, 3.63) is 0 Å². The van der Waals surface area contributed by atoms with E-state index in [9.17, 15) is 4.79 Å². The first kappa shape index (κ1) is 8.37. The highest BCUT2D eigenvalue weighted by atomic mass is 16.2. The molecule has 1 heterocycles. The standard InChI is InChI=1S/C8H16N2O.H2/c1-8(2)5-4-6-10(8)7(11)9-3;/h4-6H2,1-3H3,(H,9,11);1H. The first-order valence-corrected chi connectivity index (χ1v) is 4.07. The zero-order chi connectivity index (χ0) is 8.48. The lowest BCUT2D eigenvalue weighted by atomic mass is 10.0. The molecule has 1 fully saturated rings. The average molecular weight is 158 g/mol. The summed E-state index contributed by atoms with van der Waals surface area (Å²) in [5.41, 5.74) is 0.0556. The maximum absolute atomic E-state index is 11.2. The zero-order valence-electron chi connectivity index (χ0n) is 7.48. The van der Waals surface area contributed by atoms with Crippen molar-refractivity contribution in [1.82, 2.24) is 10.2 Å². The molecular weight excluding hydrogens is 140 g/mol. The summed E-state index contributed by atoms with van der Waals surface area (Å²) in [4.78, 5) is 13.1. The molecule has 1 rings (SSSR count). The Kier molecular flexibility index (Phi) is 2.07. The Morgan fingerprint density at radius 2 is 2.27 bits per heavy atom. The van der Waals surface area contributed by atoms with E-state index in [0.717, 1.165) is 19.4 Å². The Bertz CT molecular complexity index is 170. The molecule has 0 aromatic carbocycles. The van der Waals surface area contributed by atoms with Gasteiger partial charge in [0.1, 0.15) is 0 Å². The van der Waals surface area contributed by atoms with Crippen molar-refractivity contribution in [3.63, 3.8) is 0 Å². The first-order valence-electron chi connectivity index (χ1n) is 4.07. The second-order valence-corrected chi connectivity index (χ2v) is 3.62. The molecule has 1 saturated heterocycles. The van der Waals surface area contributed by atoms with Gasteiger partial charge in [-0.05, 0) is 26.7 Å². The zero-order valence-corrected chi connectivity index (χ0v) is 7.48. The number of rotatable bonds is 0. The molecule has 0 saturated carbocycles. The van der Waals surface area contributed by atoms with Crippen molar-refractivity contribution in [2.45, 2.75) is 32.2 Å². The largest absolute Gasteiger partial charge is 0.341 e. The van der Waals surface area contributed by atoms with Gasteiger partial charge in [-0.1, -0.05) is 0 Å². The molecule has 1 N–H and O–H groups in total. The lowest BCUT2D eigenvalue weighted by Crippen LogP contribution is -2.46. The number of hydrogen-bond donors (Lipinski definition) is 1. The van der Waals surface area contributed by atoms with E-state index >= 15 is 0 Å². The molecule has 2 amide bonds. The van der Waals surface area contributed by atoms with Crippen molar-refractivity contribution >= 4 is 6.03 Å². The number of amides is 2. The van der Waals surface area contributed by atoms with Crippen LogP contribution in [0.3, 0.4) is 0 Å². The van der Waals surface area contributed by atoms with E-state index in [2.05, 4.69) is 19.2 Å². The summed E-state index contributed by atoms with van der Waals surface area (Å²) in [5.74, 6) is 0. The van der Waals surface area contributed by atoms with E-state index in [1.54, 1.807) is 7.05 Å². The Morgan fingerprint density at radius 3 is 2.64 bits per heavy atom. The van der Waals surface area contributed by atoms with E-state index in [1.807, 2.05) is 4.90 Å². The van der Waals surface area contributed by atoms with Gasteiger partial charge in [0.05, 0.1) is 0 Å². The predicted molar refractivity (Wildman–Crippen MR) is 46.6 cm³/mol. The molecule has 66 valence electrons. The minimum atomic E-state index is 0. The molecule has 1 aliphatic rings. The van der Waals surface area contributed by atoms with E-state index in [1.165, 1.54) is 0 Å².